The molecule has 3 heteroatoms. The molecule has 4 heavy (non-hydrogen) atoms. The van der Waals surface area contributed by atoms with Crippen LogP contribution < -0.4 is 0 Å². The molecule has 0 saturated carbocycles. The van der Waals surface area contributed by atoms with Gasteiger partial charge in [0.05, 0.1) is 0 Å². The minimum absolute atomic E-state index is 0. The molecule has 0 heterocycles. The minimum atomic E-state index is 0. The largest absolute Gasteiger partial charge is 0.412 e. The molecule has 0 saturated heterocycles. The predicted molar refractivity (Wildman–Crippen MR) is 21.7 cm³/mol. The van der Waals surface area contributed by atoms with Gasteiger partial charge in [0.2, 0.25) is 0 Å². The molecule has 0 fully saturated rings. The maximum Gasteiger partial charge on any atom is 0 e. The maximum atomic E-state index is 0. The van der Waals surface area contributed by atoms with Crippen LogP contribution >= 0.6 is 0 Å². The van der Waals surface area contributed by atoms with Gasteiger partial charge in [-0.1, -0.05) is 7.43 Å². The molecule has 2 N–H and O–H groups in total. The Kier molecular flexibility index (Phi) is 889. The zero-order valence-corrected chi connectivity index (χ0v) is 2.97. The first-order chi connectivity index (χ1) is 0. The molecule has 0 unspecified atom stereocenters. The first-order valence-corrected chi connectivity index (χ1v) is 0. The van der Waals surface area contributed by atoms with Crippen LogP contribution in [0.15, 0.2) is 0 Å². The Morgan fingerprint density at radius 1 is 1.00 bits per heavy atom. The zero-order chi connectivity index (χ0) is 0. The molecule has 1 radical (unpaired) electrons. The molecule has 0 aromatic carbocycles. The Labute approximate surface area is 46.6 Å². The molecular weight excluding hydrogens is 253 g/mol. The molecule has 0 aromatic heterocycles. The van der Waals surface area contributed by atoms with Gasteiger partial charge in [-0.3, -0.25) is 0 Å². The smallest absolute Gasteiger partial charge is 0 e. The fourth-order valence-electron chi connectivity index (χ4n) is 0. The first kappa shape index (κ1) is 89.7. The van der Waals surface area contributed by atoms with E-state index in [4.69, 9.17) is 0 Å². The third-order valence-electron chi connectivity index (χ3n) is 0. The van der Waals surface area contributed by atoms with Gasteiger partial charge in [-0.05, 0) is 11.0 Å². The van der Waals surface area contributed by atoms with Crippen LogP contribution in [0.3, 0.4) is 0 Å². The van der Waals surface area contributed by atoms with E-state index in [-0.39, 0.29) is 46.2 Å². The Morgan fingerprint density at radius 2 is 1.00 bits per heavy atom. The quantitative estimate of drug-likeness (QED) is 0.469. The van der Waals surface area contributed by atoms with Gasteiger partial charge in [0.15, 0.2) is 0 Å². The van der Waals surface area contributed by atoms with Crippen molar-refractivity contribution in [2.45, 2.75) is 7.43 Å². The van der Waals surface area contributed by atoms with Crippen molar-refractivity contribution < 1.29 is 27.9 Å². The van der Waals surface area contributed by atoms with E-state index in [2.05, 4.69) is 0 Å². The van der Waals surface area contributed by atoms with Crippen LogP contribution in [-0.4, -0.2) is 16.4 Å². The van der Waals surface area contributed by atoms with E-state index >= 15 is 0 Å². The van der Waals surface area contributed by atoms with Crippen molar-refractivity contribution >= 4 is 11.0 Å². The third-order valence-corrected chi connectivity index (χ3v) is 0. The van der Waals surface area contributed by atoms with Crippen molar-refractivity contribution in [3.8, 4) is 0 Å². The average Bonchev–Trinajstić information content (AvgIpc) is 0. The summed E-state index contributed by atoms with van der Waals surface area (Å²) in [5.41, 5.74) is 0. The van der Waals surface area contributed by atoms with Gasteiger partial charge < -0.3 is 5.48 Å². The normalized spacial score (nSPS) is 0. The van der Waals surface area contributed by atoms with Crippen molar-refractivity contribution in [2.75, 3.05) is 0 Å². The van der Waals surface area contributed by atoms with Crippen LogP contribution in [0.4, 0.5) is 0 Å². The van der Waals surface area contributed by atoms with Crippen molar-refractivity contribution in [1.82, 2.24) is 0 Å². The van der Waals surface area contributed by atoms with E-state index in [1.807, 2.05) is 0 Å². The Balaban J connectivity index is 0. The molecule has 0 amide bonds. The van der Waals surface area contributed by atoms with E-state index in [1.54, 1.807) is 0 Å². The molecule has 0 rings (SSSR count). The van der Waals surface area contributed by atoms with Crippen molar-refractivity contribution in [1.29, 1.82) is 0 Å². The van der Waals surface area contributed by atoms with Gasteiger partial charge in [0.25, 0.3) is 0 Å². The number of hydrogen-bond donors (Lipinski definition) is 0. The van der Waals surface area contributed by atoms with E-state index in [1.165, 1.54) is 0 Å². The third kappa shape index (κ3) is 12.7. The van der Waals surface area contributed by atoms with E-state index < -0.39 is 0 Å². The molecule has 0 bridgehead atoms. The molecule has 35 valence electrons. The van der Waals surface area contributed by atoms with Gasteiger partial charge in [0.1, 0.15) is 0 Å². The SMILES string of the molecule is C.O.[Au].[SiH4]. The molecule has 0 spiro atoms. The fraction of sp³-hybridized carbons (Fsp3) is 1.00. The van der Waals surface area contributed by atoms with Gasteiger partial charge in [-0.25, -0.2) is 0 Å². The second kappa shape index (κ2) is 39.6. The van der Waals surface area contributed by atoms with Crippen LogP contribution in [0.2, 0.25) is 0 Å². The van der Waals surface area contributed by atoms with Crippen LogP contribution in [0.1, 0.15) is 7.43 Å². The van der Waals surface area contributed by atoms with Gasteiger partial charge in [0, 0.05) is 22.4 Å². The number of rotatable bonds is 0. The van der Waals surface area contributed by atoms with E-state index in [9.17, 15) is 0 Å². The molecule has 0 atom stereocenters. The fourth-order valence-corrected chi connectivity index (χ4v) is 0. The Hall–Kier alpha value is 0.917. The predicted octanol–water partition coefficient (Wildman–Crippen LogP) is -1.64. The zero-order valence-electron chi connectivity index (χ0n) is 0.802. The van der Waals surface area contributed by atoms with Gasteiger partial charge >= 0.3 is 0 Å². The molecule has 0 aromatic rings. The second-order valence-electron chi connectivity index (χ2n) is 0. The van der Waals surface area contributed by atoms with Gasteiger partial charge in [-0.15, -0.1) is 0 Å². The van der Waals surface area contributed by atoms with E-state index in [0.717, 1.165) is 0 Å². The van der Waals surface area contributed by atoms with Gasteiger partial charge in [-0.2, -0.15) is 0 Å². The summed E-state index contributed by atoms with van der Waals surface area (Å²) in [6.45, 7) is 0. The maximum absolute atomic E-state index is 0. The minimum Gasteiger partial charge on any atom is -0.412 e. The molecule has 0 aliphatic carbocycles. The van der Waals surface area contributed by atoms with E-state index in [0.29, 0.717) is 0 Å². The summed E-state index contributed by atoms with van der Waals surface area (Å²) >= 11 is 0. The summed E-state index contributed by atoms with van der Waals surface area (Å²) in [6.07, 6.45) is 0. The van der Waals surface area contributed by atoms with Crippen LogP contribution in [0.5, 0.6) is 0 Å². The standard InChI is InChI=1S/CH4.Au.H2O.H4Si/h1H4;;1H2;1H4. The topological polar surface area (TPSA) is 31.5 Å². The summed E-state index contributed by atoms with van der Waals surface area (Å²) in [6, 6.07) is 0. The second-order valence-corrected chi connectivity index (χ2v) is 0. The van der Waals surface area contributed by atoms with Crippen LogP contribution in [0, 0.1) is 0 Å². The summed E-state index contributed by atoms with van der Waals surface area (Å²) in [7, 11) is 0. The summed E-state index contributed by atoms with van der Waals surface area (Å²) in [4.78, 5) is 0. The van der Waals surface area contributed by atoms with Crippen molar-refractivity contribution in [3.63, 3.8) is 0 Å². The molecule has 0 aliphatic rings. The summed E-state index contributed by atoms with van der Waals surface area (Å²) in [5.74, 6) is 0. The first-order valence-electron chi connectivity index (χ1n) is 0. The molecule has 1 nitrogen and oxygen atoms in total. The van der Waals surface area contributed by atoms with Crippen LogP contribution in [0.25, 0.3) is 0 Å². The Morgan fingerprint density at radius 3 is 1.00 bits per heavy atom. The van der Waals surface area contributed by atoms with Crippen LogP contribution in [-0.2, 0) is 22.4 Å². The van der Waals surface area contributed by atoms with Crippen molar-refractivity contribution in [3.05, 3.63) is 0 Å². The molecular formula is CH10AuOSi. The van der Waals surface area contributed by atoms with Crippen molar-refractivity contribution in [2.24, 2.45) is 0 Å². The average molecular weight is 263 g/mol. The summed E-state index contributed by atoms with van der Waals surface area (Å²) in [5, 5.41) is 0. The Bertz CT molecular complexity index is 8.00. The monoisotopic (exact) mass is 263 g/mol. The number of hydrogen-bond acceptors (Lipinski definition) is 0. The molecule has 0 aliphatic heterocycles. The summed E-state index contributed by atoms with van der Waals surface area (Å²) < 4.78 is 0.